The number of aryl methyl sites for hydroxylation is 1. The van der Waals surface area contributed by atoms with E-state index in [0.717, 1.165) is 12.8 Å². The van der Waals surface area contributed by atoms with E-state index in [2.05, 4.69) is 5.10 Å². The summed E-state index contributed by atoms with van der Waals surface area (Å²) in [5.74, 6) is -0.463. The molecule has 0 amide bonds. The molecule has 0 unspecified atom stereocenters. The molecule has 1 aliphatic carbocycles. The molecule has 0 spiro atoms. The Morgan fingerprint density at radius 1 is 1.62 bits per heavy atom. The molecule has 1 aromatic heterocycles. The SMILES string of the molecule is CCOC(=O)c1c(Cl)c(C2(Cl)CC2)nn1C. The minimum Gasteiger partial charge on any atom is -0.461 e. The van der Waals surface area contributed by atoms with Crippen LogP contribution in [0.25, 0.3) is 0 Å². The molecular formula is C10H12Cl2N2O2. The number of carbonyl (C=O) groups excluding carboxylic acids is 1. The normalized spacial score (nSPS) is 17.2. The van der Waals surface area contributed by atoms with Crippen molar-refractivity contribution in [2.75, 3.05) is 6.61 Å². The first kappa shape index (κ1) is 11.7. The third-order valence-electron chi connectivity index (χ3n) is 2.57. The van der Waals surface area contributed by atoms with Gasteiger partial charge in [-0.2, -0.15) is 5.10 Å². The van der Waals surface area contributed by atoms with Crippen LogP contribution in [-0.4, -0.2) is 22.4 Å². The first-order valence-corrected chi connectivity index (χ1v) is 5.84. The summed E-state index contributed by atoms with van der Waals surface area (Å²) >= 11 is 12.3. The summed E-state index contributed by atoms with van der Waals surface area (Å²) in [6.07, 6.45) is 1.68. The number of ether oxygens (including phenoxy) is 1. The molecule has 4 nitrogen and oxygen atoms in total. The molecule has 88 valence electrons. The van der Waals surface area contributed by atoms with Gasteiger partial charge in [-0.3, -0.25) is 4.68 Å². The Labute approximate surface area is 103 Å². The molecular weight excluding hydrogens is 251 g/mol. The average molecular weight is 263 g/mol. The molecule has 0 aliphatic heterocycles. The maximum Gasteiger partial charge on any atom is 0.358 e. The quantitative estimate of drug-likeness (QED) is 0.621. The van der Waals surface area contributed by atoms with E-state index in [1.54, 1.807) is 14.0 Å². The van der Waals surface area contributed by atoms with Crippen LogP contribution in [0, 0.1) is 0 Å². The average Bonchev–Trinajstić information content (AvgIpc) is 2.86. The van der Waals surface area contributed by atoms with E-state index >= 15 is 0 Å². The predicted molar refractivity (Wildman–Crippen MR) is 60.9 cm³/mol. The third-order valence-corrected chi connectivity index (χ3v) is 3.49. The van der Waals surface area contributed by atoms with Gasteiger partial charge in [-0.15, -0.1) is 11.6 Å². The van der Waals surface area contributed by atoms with Gasteiger partial charge in [-0.1, -0.05) is 11.6 Å². The fourth-order valence-electron chi connectivity index (χ4n) is 1.55. The molecule has 2 rings (SSSR count). The first-order valence-electron chi connectivity index (χ1n) is 5.08. The van der Waals surface area contributed by atoms with Crippen molar-refractivity contribution in [2.45, 2.75) is 24.6 Å². The van der Waals surface area contributed by atoms with E-state index in [0.29, 0.717) is 17.3 Å². The maximum atomic E-state index is 11.6. The molecule has 1 fully saturated rings. The van der Waals surface area contributed by atoms with Crippen LogP contribution in [0.1, 0.15) is 35.9 Å². The highest BCUT2D eigenvalue weighted by molar-refractivity contribution is 6.36. The van der Waals surface area contributed by atoms with Crippen LogP contribution >= 0.6 is 23.2 Å². The highest BCUT2D eigenvalue weighted by Gasteiger charge is 2.47. The molecule has 0 saturated heterocycles. The molecule has 1 aromatic rings. The van der Waals surface area contributed by atoms with Crippen LogP contribution in [0.4, 0.5) is 0 Å². The Hall–Kier alpha value is -0.740. The number of nitrogens with zero attached hydrogens (tertiary/aromatic N) is 2. The van der Waals surface area contributed by atoms with Gasteiger partial charge in [0.2, 0.25) is 0 Å². The fraction of sp³-hybridized carbons (Fsp3) is 0.600. The minimum absolute atomic E-state index is 0.269. The van der Waals surface area contributed by atoms with E-state index in [4.69, 9.17) is 27.9 Å². The summed E-state index contributed by atoms with van der Waals surface area (Å²) in [7, 11) is 1.66. The summed E-state index contributed by atoms with van der Waals surface area (Å²) in [5.41, 5.74) is 0.854. The van der Waals surface area contributed by atoms with Crippen molar-refractivity contribution in [1.29, 1.82) is 0 Å². The lowest BCUT2D eigenvalue weighted by atomic mass is 10.2. The lowest BCUT2D eigenvalue weighted by Gasteiger charge is -2.02. The maximum absolute atomic E-state index is 11.6. The topological polar surface area (TPSA) is 44.1 Å². The summed E-state index contributed by atoms with van der Waals surface area (Å²) in [4.78, 5) is 11.2. The molecule has 1 saturated carbocycles. The first-order chi connectivity index (χ1) is 7.49. The van der Waals surface area contributed by atoms with Gasteiger partial charge in [0.05, 0.1) is 16.5 Å². The van der Waals surface area contributed by atoms with Crippen LogP contribution in [-0.2, 0) is 16.7 Å². The van der Waals surface area contributed by atoms with Crippen molar-refractivity contribution in [3.63, 3.8) is 0 Å². The zero-order valence-corrected chi connectivity index (χ0v) is 10.6. The number of alkyl halides is 1. The molecule has 0 N–H and O–H groups in total. The van der Waals surface area contributed by atoms with Crippen LogP contribution in [0.3, 0.4) is 0 Å². The molecule has 0 radical (unpaired) electrons. The summed E-state index contributed by atoms with van der Waals surface area (Å²) in [6.45, 7) is 2.05. The number of halogens is 2. The van der Waals surface area contributed by atoms with Crippen molar-refractivity contribution in [1.82, 2.24) is 9.78 Å². The second kappa shape index (κ2) is 3.93. The lowest BCUT2D eigenvalue weighted by Crippen LogP contribution is -2.10. The fourth-order valence-corrected chi connectivity index (χ4v) is 2.25. The van der Waals surface area contributed by atoms with Crippen molar-refractivity contribution >= 4 is 29.2 Å². The summed E-state index contributed by atoms with van der Waals surface area (Å²) < 4.78 is 6.34. The molecule has 16 heavy (non-hydrogen) atoms. The van der Waals surface area contributed by atoms with Crippen LogP contribution in [0.2, 0.25) is 5.02 Å². The number of esters is 1. The van der Waals surface area contributed by atoms with Gasteiger partial charge in [0.1, 0.15) is 5.69 Å². The van der Waals surface area contributed by atoms with Gasteiger partial charge in [0.25, 0.3) is 0 Å². The Morgan fingerprint density at radius 3 is 2.75 bits per heavy atom. The molecule has 0 aromatic carbocycles. The largest absolute Gasteiger partial charge is 0.461 e. The van der Waals surface area contributed by atoms with Crippen molar-refractivity contribution < 1.29 is 9.53 Å². The van der Waals surface area contributed by atoms with Gasteiger partial charge in [-0.25, -0.2) is 4.79 Å². The van der Waals surface area contributed by atoms with Crippen molar-refractivity contribution in [2.24, 2.45) is 7.05 Å². The second-order valence-electron chi connectivity index (χ2n) is 3.82. The zero-order chi connectivity index (χ0) is 11.9. The highest BCUT2D eigenvalue weighted by Crippen LogP contribution is 2.53. The van der Waals surface area contributed by atoms with Crippen LogP contribution in [0.15, 0.2) is 0 Å². The van der Waals surface area contributed by atoms with Gasteiger partial charge >= 0.3 is 5.97 Å². The zero-order valence-electron chi connectivity index (χ0n) is 9.09. The Kier molecular flexibility index (Phi) is 2.88. The van der Waals surface area contributed by atoms with Gasteiger partial charge < -0.3 is 4.74 Å². The molecule has 0 bridgehead atoms. The van der Waals surface area contributed by atoms with E-state index < -0.39 is 10.8 Å². The van der Waals surface area contributed by atoms with Crippen molar-refractivity contribution in [3.05, 3.63) is 16.4 Å². The van der Waals surface area contributed by atoms with E-state index in [-0.39, 0.29) is 5.69 Å². The third kappa shape index (κ3) is 1.80. The molecule has 6 heteroatoms. The monoisotopic (exact) mass is 262 g/mol. The molecule has 1 heterocycles. The summed E-state index contributed by atoms with van der Waals surface area (Å²) in [5, 5.41) is 4.51. The lowest BCUT2D eigenvalue weighted by molar-refractivity contribution is 0.0514. The van der Waals surface area contributed by atoms with Crippen molar-refractivity contribution in [3.8, 4) is 0 Å². The second-order valence-corrected chi connectivity index (χ2v) is 4.92. The van der Waals surface area contributed by atoms with Crippen LogP contribution < -0.4 is 0 Å². The number of rotatable bonds is 3. The number of hydrogen-bond donors (Lipinski definition) is 0. The van der Waals surface area contributed by atoms with E-state index in [1.807, 2.05) is 0 Å². The standard InChI is InChI=1S/C10H12Cl2N2O2/c1-3-16-9(15)7-6(11)8(13-14(7)2)10(12)4-5-10/h3-5H2,1-2H3. The molecule has 1 aliphatic rings. The Morgan fingerprint density at radius 2 is 2.25 bits per heavy atom. The number of carbonyl (C=O) groups is 1. The van der Waals surface area contributed by atoms with E-state index in [1.165, 1.54) is 4.68 Å². The Bertz CT molecular complexity index is 438. The van der Waals surface area contributed by atoms with Gasteiger partial charge in [0, 0.05) is 7.05 Å². The van der Waals surface area contributed by atoms with E-state index in [9.17, 15) is 4.79 Å². The summed E-state index contributed by atoms with van der Waals surface area (Å²) in [6, 6.07) is 0. The number of hydrogen-bond acceptors (Lipinski definition) is 3. The smallest absolute Gasteiger partial charge is 0.358 e. The predicted octanol–water partition coefficient (Wildman–Crippen LogP) is 2.48. The van der Waals surface area contributed by atoms with Crippen LogP contribution in [0.5, 0.6) is 0 Å². The highest BCUT2D eigenvalue weighted by atomic mass is 35.5. The molecule has 0 atom stereocenters. The number of aromatic nitrogens is 2. The minimum atomic E-state index is -0.473. The van der Waals surface area contributed by atoms with Gasteiger partial charge in [0.15, 0.2) is 5.69 Å². The Balaban J connectivity index is 2.39. The van der Waals surface area contributed by atoms with Gasteiger partial charge in [-0.05, 0) is 19.8 Å².